The molecule has 0 bridgehead atoms. The van der Waals surface area contributed by atoms with Crippen LogP contribution >= 0.6 is 11.3 Å². The Morgan fingerprint density at radius 1 is 0.698 bits per heavy atom. The molecule has 2 heterocycles. The van der Waals surface area contributed by atoms with Crippen molar-refractivity contribution in [1.82, 2.24) is 0 Å². The van der Waals surface area contributed by atoms with Gasteiger partial charge in [-0.25, -0.2) is 4.99 Å². The van der Waals surface area contributed by atoms with E-state index in [4.69, 9.17) is 10.4 Å². The van der Waals surface area contributed by atoms with Gasteiger partial charge >= 0.3 is 0 Å². The molecule has 1 N–H and O–H groups in total. The first-order valence-corrected chi connectivity index (χ1v) is 22.4. The molecule has 0 spiro atoms. The van der Waals surface area contributed by atoms with Crippen molar-refractivity contribution < 1.29 is 0 Å². The Labute approximate surface area is 373 Å². The summed E-state index contributed by atoms with van der Waals surface area (Å²) in [7, 11) is 0. The van der Waals surface area contributed by atoms with Crippen molar-refractivity contribution in [3.05, 3.63) is 240 Å². The van der Waals surface area contributed by atoms with Crippen LogP contribution in [0.15, 0.2) is 228 Å². The average Bonchev–Trinajstić information content (AvgIpc) is 3.91. The van der Waals surface area contributed by atoms with Crippen LogP contribution in [-0.4, -0.2) is 18.8 Å². The zero-order valence-corrected chi connectivity index (χ0v) is 35.8. The highest BCUT2D eigenvalue weighted by atomic mass is 32.1. The van der Waals surface area contributed by atoms with Crippen LogP contribution in [0.3, 0.4) is 0 Å². The van der Waals surface area contributed by atoms with E-state index >= 15 is 0 Å². The van der Waals surface area contributed by atoms with Crippen LogP contribution in [0.4, 0.5) is 11.4 Å². The molecule has 5 heteroatoms. The van der Waals surface area contributed by atoms with Crippen molar-refractivity contribution >= 4 is 61.7 Å². The Balaban J connectivity index is 0.000000173. The molecule has 0 amide bonds. The molecule has 4 nitrogen and oxygen atoms in total. The maximum Gasteiger partial charge on any atom is 0.146 e. The Morgan fingerprint density at radius 2 is 1.40 bits per heavy atom. The van der Waals surface area contributed by atoms with Gasteiger partial charge in [-0.1, -0.05) is 170 Å². The van der Waals surface area contributed by atoms with Crippen molar-refractivity contribution in [2.75, 3.05) is 4.90 Å². The van der Waals surface area contributed by atoms with E-state index in [0.717, 1.165) is 18.4 Å². The van der Waals surface area contributed by atoms with Crippen LogP contribution in [0.5, 0.6) is 0 Å². The largest absolute Gasteiger partial charge is 0.313 e. The number of hydrogen-bond donors (Lipinski definition) is 1. The van der Waals surface area contributed by atoms with Gasteiger partial charge in [-0.3, -0.25) is 10.4 Å². The van der Waals surface area contributed by atoms with Crippen LogP contribution in [0.25, 0.3) is 42.4 Å². The minimum Gasteiger partial charge on any atom is -0.313 e. The first-order valence-electron chi connectivity index (χ1n) is 21.6. The van der Waals surface area contributed by atoms with Gasteiger partial charge in [0.1, 0.15) is 5.84 Å². The summed E-state index contributed by atoms with van der Waals surface area (Å²) in [6.45, 7) is 4.16. The molecule has 8 aromatic rings. The monoisotopic (exact) mass is 830 g/mol. The Morgan fingerprint density at radius 3 is 2.13 bits per heavy atom. The van der Waals surface area contributed by atoms with Crippen LogP contribution < -0.4 is 4.90 Å². The zero-order valence-electron chi connectivity index (χ0n) is 34.9. The fraction of sp³-hybridized carbons (Fsp3) is 0.0862. The molecule has 1 aromatic heterocycles. The van der Waals surface area contributed by atoms with Gasteiger partial charge < -0.3 is 4.90 Å². The summed E-state index contributed by atoms with van der Waals surface area (Å²) in [6.07, 6.45) is 17.0. The van der Waals surface area contributed by atoms with Crippen molar-refractivity contribution in [2.45, 2.75) is 31.2 Å². The Hall–Kier alpha value is -7.47. The van der Waals surface area contributed by atoms with Gasteiger partial charge in [0.05, 0.1) is 6.54 Å². The number of nitrogens with zero attached hydrogens (tertiary/aromatic N) is 3. The molecule has 2 aliphatic carbocycles. The number of allylic oxidation sites excluding steroid dienone is 7. The molecule has 11 rings (SSSR count). The van der Waals surface area contributed by atoms with Gasteiger partial charge in [-0.15, -0.1) is 11.3 Å². The fourth-order valence-electron chi connectivity index (χ4n) is 9.16. The molecule has 304 valence electrons. The molecule has 2 unspecified atom stereocenters. The second-order valence-corrected chi connectivity index (χ2v) is 17.1. The number of thiophene rings is 1. The maximum atomic E-state index is 7.94. The van der Waals surface area contributed by atoms with Crippen molar-refractivity contribution in [3.63, 3.8) is 0 Å². The molecule has 1 aliphatic heterocycles. The molecule has 3 aliphatic rings. The summed E-state index contributed by atoms with van der Waals surface area (Å²) in [5.41, 5.74) is 14.7. The van der Waals surface area contributed by atoms with E-state index in [1.807, 2.05) is 23.5 Å². The summed E-state index contributed by atoms with van der Waals surface area (Å²) in [5.74, 6) is 0.925. The Bertz CT molecular complexity index is 3120. The number of amidine groups is 1. The van der Waals surface area contributed by atoms with Crippen LogP contribution in [0, 0.1) is 5.41 Å². The third-order valence-corrected chi connectivity index (χ3v) is 13.5. The fourth-order valence-corrected chi connectivity index (χ4v) is 10.6. The van der Waals surface area contributed by atoms with Gasteiger partial charge in [0.15, 0.2) is 0 Å². The highest BCUT2D eigenvalue weighted by Crippen LogP contribution is 2.51. The third-order valence-electron chi connectivity index (χ3n) is 12.2. The number of para-hydroxylation sites is 2. The highest BCUT2D eigenvalue weighted by Gasteiger charge is 2.36. The van der Waals surface area contributed by atoms with Gasteiger partial charge in [0.2, 0.25) is 0 Å². The number of anilines is 2. The van der Waals surface area contributed by atoms with Crippen molar-refractivity contribution in [3.8, 4) is 22.3 Å². The summed E-state index contributed by atoms with van der Waals surface area (Å²) < 4.78 is 2.70. The van der Waals surface area contributed by atoms with E-state index in [9.17, 15) is 0 Å². The molecular formula is C58H46N4S. The summed E-state index contributed by atoms with van der Waals surface area (Å²) in [5, 5.41) is 10.6. The number of hydrogen-bond acceptors (Lipinski definition) is 4. The van der Waals surface area contributed by atoms with Gasteiger partial charge in [-0.2, -0.15) is 0 Å². The topological polar surface area (TPSA) is 51.8 Å². The molecule has 7 aromatic carbocycles. The highest BCUT2D eigenvalue weighted by molar-refractivity contribution is 7.26. The Kier molecular flexibility index (Phi) is 11.2. The lowest BCUT2D eigenvalue weighted by Gasteiger charge is -2.26. The van der Waals surface area contributed by atoms with Crippen molar-refractivity contribution in [2.24, 2.45) is 9.98 Å². The minimum atomic E-state index is 0.272. The predicted molar refractivity (Wildman–Crippen MR) is 269 cm³/mol. The molecule has 63 heavy (non-hydrogen) atoms. The van der Waals surface area contributed by atoms with Crippen LogP contribution in [0.2, 0.25) is 0 Å². The first kappa shape index (κ1) is 39.7. The summed E-state index contributed by atoms with van der Waals surface area (Å²) in [6, 6.07) is 60.3. The lowest BCUT2D eigenvalue weighted by Crippen LogP contribution is -2.16. The average molecular weight is 831 g/mol. The van der Waals surface area contributed by atoms with Crippen molar-refractivity contribution in [1.29, 1.82) is 5.41 Å². The number of fused-ring (bicyclic) bond motifs is 6. The minimum absolute atomic E-state index is 0.272. The second-order valence-electron chi connectivity index (χ2n) is 16.1. The smallest absolute Gasteiger partial charge is 0.146 e. The van der Waals surface area contributed by atoms with Gasteiger partial charge in [0.25, 0.3) is 0 Å². The van der Waals surface area contributed by atoms with Gasteiger partial charge in [0, 0.05) is 66.4 Å². The third kappa shape index (κ3) is 7.96. The number of rotatable bonds is 8. The number of nitrogens with one attached hydrogen (secondary N) is 1. The van der Waals surface area contributed by atoms with E-state index < -0.39 is 0 Å². The number of benzene rings is 7. The standard InChI is InChI=1S/C38H29NS.C20H17N3/c1-5-13-27(14-6-1)25-39-26-31-21-22-33(29-17-9-3-10-18-29)38-36(31)35-24-32(28-15-7-2-8-16-28)23-34(37(35)40-38)30-19-11-4-12-20-30;1-22-20(21)14-11-12-19-17(13-14)16-9-5-6-10-18(16)23(19)15-7-3-2-4-8-15/h1-17,19-24,26,29H,18,25H2;2-12,17,21H,1,13H2. The lowest BCUT2D eigenvalue weighted by molar-refractivity contribution is 0.802. The summed E-state index contributed by atoms with van der Waals surface area (Å²) >= 11 is 1.93. The van der Waals surface area contributed by atoms with E-state index in [0.29, 0.717) is 12.5 Å². The van der Waals surface area contributed by atoms with Gasteiger partial charge in [-0.05, 0) is 94.9 Å². The number of aliphatic imine (C=N–C) groups is 2. The summed E-state index contributed by atoms with van der Waals surface area (Å²) in [4.78, 5) is 11.0. The zero-order chi connectivity index (χ0) is 42.5. The quantitative estimate of drug-likeness (QED) is 0.120. The molecule has 0 radical (unpaired) electrons. The first-order chi connectivity index (χ1) is 31.1. The van der Waals surface area contributed by atoms with E-state index in [1.54, 1.807) is 0 Å². The molecule has 0 fully saturated rings. The van der Waals surface area contributed by atoms with E-state index in [1.165, 1.54) is 81.8 Å². The van der Waals surface area contributed by atoms with Crippen LogP contribution in [-0.2, 0) is 6.54 Å². The normalized spacial score (nSPS) is 16.3. The second kappa shape index (κ2) is 17.9. The maximum absolute atomic E-state index is 7.94. The van der Waals surface area contributed by atoms with E-state index in [2.05, 4.69) is 217 Å². The SMILES string of the molecule is C1=CCC(c2ccc(C=NCc3ccccc3)c3c2sc2c(-c4ccccc4)cc(-c4ccccc4)cc23)C=C1.C=NC(=N)C1=CC=C2C(C1)c1ccccc1N2c1ccccc1. The lowest BCUT2D eigenvalue weighted by atomic mass is 9.87. The van der Waals surface area contributed by atoms with E-state index in [-0.39, 0.29) is 11.8 Å². The molecule has 0 saturated heterocycles. The molecule has 0 saturated carbocycles. The predicted octanol–water partition coefficient (Wildman–Crippen LogP) is 15.4. The van der Waals surface area contributed by atoms with Crippen LogP contribution in [0.1, 0.15) is 46.9 Å². The molecule has 2 atom stereocenters. The molecular weight excluding hydrogens is 785 g/mol.